The minimum Gasteiger partial charge on any atom is -0.385 e. The molecule has 0 amide bonds. The van der Waals surface area contributed by atoms with Gasteiger partial charge >= 0.3 is 0 Å². The summed E-state index contributed by atoms with van der Waals surface area (Å²) in [6.45, 7) is 3.17. The predicted molar refractivity (Wildman–Crippen MR) is 82.1 cm³/mol. The van der Waals surface area contributed by atoms with Gasteiger partial charge in [-0.2, -0.15) is 0 Å². The van der Waals surface area contributed by atoms with E-state index in [1.807, 2.05) is 25.5 Å². The molecule has 0 saturated heterocycles. The van der Waals surface area contributed by atoms with Crippen LogP contribution in [0.25, 0.3) is 0 Å². The van der Waals surface area contributed by atoms with E-state index in [2.05, 4.69) is 33.6 Å². The highest BCUT2D eigenvalue weighted by Gasteiger charge is 2.02. The van der Waals surface area contributed by atoms with E-state index in [0.29, 0.717) is 0 Å². The molecule has 0 unspecified atom stereocenters. The minimum atomic E-state index is 0.951. The number of nitrogens with one attached hydrogen (secondary N) is 2. The van der Waals surface area contributed by atoms with Gasteiger partial charge in [0.2, 0.25) is 0 Å². The van der Waals surface area contributed by atoms with Gasteiger partial charge in [-0.05, 0) is 31.4 Å². The van der Waals surface area contributed by atoms with E-state index in [1.54, 1.807) is 11.3 Å². The third kappa shape index (κ3) is 4.21. The molecule has 4 nitrogen and oxygen atoms in total. The van der Waals surface area contributed by atoms with Crippen molar-refractivity contribution in [2.24, 2.45) is 0 Å². The summed E-state index contributed by atoms with van der Waals surface area (Å²) in [5.74, 6) is 0. The lowest BCUT2D eigenvalue weighted by Gasteiger charge is -2.06. The Morgan fingerprint density at radius 3 is 2.89 bits per heavy atom. The van der Waals surface area contributed by atoms with E-state index in [1.165, 1.54) is 4.88 Å². The zero-order chi connectivity index (χ0) is 13.5. The molecule has 5 heteroatoms. The first kappa shape index (κ1) is 13.8. The standard InChI is InChI=1S/C14H20N4S/c1-3-7-16-12-6-8-17-11(9-12)4-5-13-10-18-14(15-2)19-13/h6,8-10H,3-5,7H2,1-2H3,(H,15,18)(H,16,17). The number of hydrogen-bond acceptors (Lipinski definition) is 5. The second kappa shape index (κ2) is 7.09. The molecule has 0 aromatic carbocycles. The molecule has 2 heterocycles. The Labute approximate surface area is 118 Å². The Morgan fingerprint density at radius 1 is 1.26 bits per heavy atom. The van der Waals surface area contributed by atoms with Crippen LogP contribution >= 0.6 is 11.3 Å². The SMILES string of the molecule is CCCNc1ccnc(CCc2cnc(NC)s2)c1. The first-order chi connectivity index (χ1) is 9.31. The second-order valence-corrected chi connectivity index (χ2v) is 5.46. The van der Waals surface area contributed by atoms with Crippen molar-refractivity contribution in [3.05, 3.63) is 35.1 Å². The van der Waals surface area contributed by atoms with E-state index in [9.17, 15) is 0 Å². The van der Waals surface area contributed by atoms with Crippen LogP contribution in [0.2, 0.25) is 0 Å². The summed E-state index contributed by atoms with van der Waals surface area (Å²) in [5, 5.41) is 7.42. The molecule has 0 bridgehead atoms. The van der Waals surface area contributed by atoms with Crippen LogP contribution in [-0.2, 0) is 12.8 Å². The molecule has 19 heavy (non-hydrogen) atoms. The number of nitrogens with zero attached hydrogens (tertiary/aromatic N) is 2. The van der Waals surface area contributed by atoms with Gasteiger partial charge in [0, 0.05) is 42.2 Å². The molecule has 0 fully saturated rings. The van der Waals surface area contributed by atoms with E-state index in [0.717, 1.165) is 42.3 Å². The number of pyridine rings is 1. The van der Waals surface area contributed by atoms with E-state index in [-0.39, 0.29) is 0 Å². The minimum absolute atomic E-state index is 0.951. The summed E-state index contributed by atoms with van der Waals surface area (Å²) in [5.41, 5.74) is 2.28. The Kier molecular flexibility index (Phi) is 5.15. The molecule has 0 atom stereocenters. The Morgan fingerprint density at radius 2 is 2.16 bits per heavy atom. The molecular weight excluding hydrogens is 256 g/mol. The van der Waals surface area contributed by atoms with Gasteiger partial charge in [0.15, 0.2) is 5.13 Å². The molecule has 0 spiro atoms. The molecule has 0 radical (unpaired) electrons. The molecule has 0 aliphatic heterocycles. The zero-order valence-corrected chi connectivity index (χ0v) is 12.3. The van der Waals surface area contributed by atoms with Crippen LogP contribution in [0.5, 0.6) is 0 Å². The van der Waals surface area contributed by atoms with E-state index >= 15 is 0 Å². The number of aromatic nitrogens is 2. The van der Waals surface area contributed by atoms with Crippen LogP contribution in [0.15, 0.2) is 24.5 Å². The van der Waals surface area contributed by atoms with Crippen molar-refractivity contribution in [2.75, 3.05) is 24.2 Å². The monoisotopic (exact) mass is 276 g/mol. The Hall–Kier alpha value is -1.62. The number of hydrogen-bond donors (Lipinski definition) is 2. The fourth-order valence-electron chi connectivity index (χ4n) is 1.78. The number of rotatable bonds is 7. The lowest BCUT2D eigenvalue weighted by atomic mass is 10.2. The Balaban J connectivity index is 1.91. The van der Waals surface area contributed by atoms with Gasteiger partial charge in [-0.25, -0.2) is 4.98 Å². The van der Waals surface area contributed by atoms with Crippen LogP contribution in [-0.4, -0.2) is 23.6 Å². The summed E-state index contributed by atoms with van der Waals surface area (Å²) < 4.78 is 0. The highest BCUT2D eigenvalue weighted by Crippen LogP contribution is 2.19. The lowest BCUT2D eigenvalue weighted by Crippen LogP contribution is -2.01. The summed E-state index contributed by atoms with van der Waals surface area (Å²) in [6, 6.07) is 4.15. The van der Waals surface area contributed by atoms with Crippen molar-refractivity contribution in [1.29, 1.82) is 0 Å². The summed E-state index contributed by atoms with van der Waals surface area (Å²) in [4.78, 5) is 9.99. The summed E-state index contributed by atoms with van der Waals surface area (Å²) in [6.07, 6.45) is 6.89. The Bertz CT molecular complexity index is 510. The van der Waals surface area contributed by atoms with Gasteiger partial charge in [0.25, 0.3) is 0 Å². The smallest absolute Gasteiger partial charge is 0.182 e. The molecule has 2 rings (SSSR count). The average molecular weight is 276 g/mol. The number of thiazole rings is 1. The third-order valence-corrected chi connectivity index (χ3v) is 3.87. The molecule has 102 valence electrons. The lowest BCUT2D eigenvalue weighted by molar-refractivity contribution is 0.921. The molecular formula is C14H20N4S. The van der Waals surface area contributed by atoms with Crippen LogP contribution in [0.3, 0.4) is 0 Å². The first-order valence-corrected chi connectivity index (χ1v) is 7.44. The van der Waals surface area contributed by atoms with E-state index in [4.69, 9.17) is 0 Å². The molecule has 2 N–H and O–H groups in total. The van der Waals surface area contributed by atoms with Gasteiger partial charge in [0.1, 0.15) is 0 Å². The third-order valence-electron chi connectivity index (χ3n) is 2.79. The maximum absolute atomic E-state index is 4.42. The van der Waals surface area contributed by atoms with Crippen molar-refractivity contribution < 1.29 is 0 Å². The highest BCUT2D eigenvalue weighted by molar-refractivity contribution is 7.15. The molecule has 0 aliphatic carbocycles. The molecule has 0 aliphatic rings. The first-order valence-electron chi connectivity index (χ1n) is 6.63. The second-order valence-electron chi connectivity index (χ2n) is 4.34. The normalized spacial score (nSPS) is 10.4. The van der Waals surface area contributed by atoms with Gasteiger partial charge < -0.3 is 10.6 Å². The summed E-state index contributed by atoms with van der Waals surface area (Å²) >= 11 is 1.70. The van der Waals surface area contributed by atoms with Crippen LogP contribution in [0, 0.1) is 0 Å². The van der Waals surface area contributed by atoms with Crippen LogP contribution in [0.4, 0.5) is 10.8 Å². The van der Waals surface area contributed by atoms with Crippen LogP contribution in [0.1, 0.15) is 23.9 Å². The maximum atomic E-state index is 4.42. The van der Waals surface area contributed by atoms with Crippen molar-refractivity contribution in [2.45, 2.75) is 26.2 Å². The summed E-state index contributed by atoms with van der Waals surface area (Å²) in [7, 11) is 1.90. The molecule has 0 saturated carbocycles. The largest absolute Gasteiger partial charge is 0.385 e. The van der Waals surface area contributed by atoms with E-state index < -0.39 is 0 Å². The van der Waals surface area contributed by atoms with Crippen molar-refractivity contribution >= 4 is 22.2 Å². The van der Waals surface area contributed by atoms with Gasteiger partial charge in [-0.15, -0.1) is 11.3 Å². The fraction of sp³-hybridized carbons (Fsp3) is 0.429. The van der Waals surface area contributed by atoms with Crippen LogP contribution < -0.4 is 10.6 Å². The van der Waals surface area contributed by atoms with Crippen molar-refractivity contribution in [1.82, 2.24) is 9.97 Å². The van der Waals surface area contributed by atoms with Gasteiger partial charge in [-0.3, -0.25) is 4.98 Å². The number of anilines is 2. The quantitative estimate of drug-likeness (QED) is 0.815. The van der Waals surface area contributed by atoms with Gasteiger partial charge in [0.05, 0.1) is 0 Å². The maximum Gasteiger partial charge on any atom is 0.182 e. The zero-order valence-electron chi connectivity index (χ0n) is 11.4. The van der Waals surface area contributed by atoms with Crippen molar-refractivity contribution in [3.63, 3.8) is 0 Å². The topological polar surface area (TPSA) is 49.8 Å². The fourth-order valence-corrected chi connectivity index (χ4v) is 2.55. The highest BCUT2D eigenvalue weighted by atomic mass is 32.1. The molecule has 2 aromatic heterocycles. The number of aryl methyl sites for hydroxylation is 2. The predicted octanol–water partition coefficient (Wildman–Crippen LogP) is 3.19. The van der Waals surface area contributed by atoms with Gasteiger partial charge in [-0.1, -0.05) is 6.92 Å². The molecule has 2 aromatic rings. The van der Waals surface area contributed by atoms with Crippen molar-refractivity contribution in [3.8, 4) is 0 Å². The average Bonchev–Trinajstić information content (AvgIpc) is 2.91.